The summed E-state index contributed by atoms with van der Waals surface area (Å²) >= 11 is 0. The molecule has 7 heteroatoms. The van der Waals surface area contributed by atoms with E-state index in [1.54, 1.807) is 12.1 Å². The maximum Gasteiger partial charge on any atom is 0.384 e. The van der Waals surface area contributed by atoms with Crippen LogP contribution in [0, 0.1) is 0 Å². The number of nitrogens with zero attached hydrogens (tertiary/aromatic N) is 3. The molecule has 3 N–H and O–H groups in total. The average Bonchev–Trinajstić information content (AvgIpc) is 3.33. The van der Waals surface area contributed by atoms with Crippen LogP contribution in [0.25, 0.3) is 22.2 Å². The first-order chi connectivity index (χ1) is 14.7. The van der Waals surface area contributed by atoms with Crippen LogP contribution >= 0.6 is 0 Å². The van der Waals surface area contributed by atoms with Crippen LogP contribution in [-0.4, -0.2) is 26.5 Å². The lowest BCUT2D eigenvalue weighted by Crippen LogP contribution is -2.23. The molecule has 5 rings (SSSR count). The third-order valence-corrected chi connectivity index (χ3v) is 5.44. The Labute approximate surface area is 173 Å². The van der Waals surface area contributed by atoms with E-state index in [-0.39, 0.29) is 5.65 Å². The molecule has 30 heavy (non-hydrogen) atoms. The Hall–Kier alpha value is -3.71. The van der Waals surface area contributed by atoms with Crippen LogP contribution in [0.5, 0.6) is 0 Å². The van der Waals surface area contributed by atoms with Gasteiger partial charge in [-0.2, -0.15) is 4.98 Å². The van der Waals surface area contributed by atoms with Crippen molar-refractivity contribution in [3.8, 4) is 11.1 Å². The first-order valence-electron chi connectivity index (χ1n) is 9.97. The van der Waals surface area contributed by atoms with Gasteiger partial charge in [0, 0.05) is 17.9 Å². The maximum atomic E-state index is 12.0. The van der Waals surface area contributed by atoms with Crippen molar-refractivity contribution in [2.45, 2.75) is 18.9 Å². The van der Waals surface area contributed by atoms with Gasteiger partial charge in [-0.3, -0.25) is 0 Å². The lowest BCUT2D eigenvalue weighted by molar-refractivity contribution is 0.182. The highest BCUT2D eigenvalue weighted by Gasteiger charge is 2.16. The number of anilines is 2. The Morgan fingerprint density at radius 2 is 1.90 bits per heavy atom. The molecule has 1 atom stereocenters. The highest BCUT2D eigenvalue weighted by Crippen LogP contribution is 2.30. The Morgan fingerprint density at radius 3 is 2.73 bits per heavy atom. The fraction of sp³-hybridized carbons (Fsp3) is 0.174. The van der Waals surface area contributed by atoms with Crippen molar-refractivity contribution in [3.05, 3.63) is 82.9 Å². The monoisotopic (exact) mass is 399 g/mol. The van der Waals surface area contributed by atoms with Crippen LogP contribution in [0.2, 0.25) is 0 Å². The van der Waals surface area contributed by atoms with Gasteiger partial charge in [-0.15, -0.1) is 4.73 Å². The number of aromatic nitrogens is 3. The summed E-state index contributed by atoms with van der Waals surface area (Å²) in [7, 11) is 0. The summed E-state index contributed by atoms with van der Waals surface area (Å²) in [6.07, 6.45) is 3.88. The topological polar surface area (TPSA) is 92.1 Å². The van der Waals surface area contributed by atoms with Gasteiger partial charge in [-0.1, -0.05) is 30.3 Å². The summed E-state index contributed by atoms with van der Waals surface area (Å²) in [5.74, 6) is 0.356. The minimum absolute atomic E-state index is 0.160. The van der Waals surface area contributed by atoms with Gasteiger partial charge in [0.1, 0.15) is 5.82 Å². The summed E-state index contributed by atoms with van der Waals surface area (Å²) < 4.78 is 0.458. The summed E-state index contributed by atoms with van der Waals surface area (Å²) in [6, 6.07) is 20.5. The summed E-state index contributed by atoms with van der Waals surface area (Å²) in [5, 5.41) is 17.2. The number of nitrogens with one attached hydrogen (secondary N) is 2. The molecule has 0 amide bonds. The zero-order chi connectivity index (χ0) is 20.5. The Bertz CT molecular complexity index is 1280. The highest BCUT2D eigenvalue weighted by atomic mass is 16.5. The fourth-order valence-electron chi connectivity index (χ4n) is 3.96. The lowest BCUT2D eigenvalue weighted by atomic mass is 9.98. The van der Waals surface area contributed by atoms with Crippen molar-refractivity contribution in [2.24, 2.45) is 0 Å². The molecule has 0 spiro atoms. The summed E-state index contributed by atoms with van der Waals surface area (Å²) in [5.41, 5.74) is 3.68. The van der Waals surface area contributed by atoms with E-state index in [0.29, 0.717) is 22.0 Å². The molecule has 1 aliphatic rings. The van der Waals surface area contributed by atoms with E-state index < -0.39 is 5.69 Å². The average molecular weight is 399 g/mol. The van der Waals surface area contributed by atoms with E-state index in [0.717, 1.165) is 29.8 Å². The molecule has 0 aliphatic carbocycles. The normalized spacial score (nSPS) is 16.1. The van der Waals surface area contributed by atoms with Crippen LogP contribution < -0.4 is 16.3 Å². The van der Waals surface area contributed by atoms with Crippen molar-refractivity contribution >= 4 is 22.5 Å². The van der Waals surface area contributed by atoms with Crippen LogP contribution in [0.4, 0.5) is 11.5 Å². The molecule has 3 heterocycles. The highest BCUT2D eigenvalue weighted by molar-refractivity contribution is 5.88. The minimum atomic E-state index is -0.781. The van der Waals surface area contributed by atoms with Crippen molar-refractivity contribution in [2.75, 3.05) is 11.9 Å². The molecule has 1 fully saturated rings. The zero-order valence-electron chi connectivity index (χ0n) is 16.2. The van der Waals surface area contributed by atoms with Crippen LogP contribution in [0.1, 0.15) is 24.4 Å². The predicted octanol–water partition coefficient (Wildman–Crippen LogP) is 3.86. The van der Waals surface area contributed by atoms with Crippen molar-refractivity contribution in [1.82, 2.24) is 20.0 Å². The van der Waals surface area contributed by atoms with Gasteiger partial charge in [-0.05, 0) is 66.4 Å². The molecule has 0 bridgehead atoms. The second kappa shape index (κ2) is 7.61. The quantitative estimate of drug-likeness (QED) is 0.451. The molecule has 1 aliphatic heterocycles. The van der Waals surface area contributed by atoms with Crippen molar-refractivity contribution in [3.63, 3.8) is 0 Å². The molecule has 0 radical (unpaired) electrons. The SMILES string of the molecule is O=c1nc(Nc2cccc(-c3cccc(C4CCCN4)c3)c2)c2cccnc2n1O. The number of fused-ring (bicyclic) bond motifs is 1. The molecule has 1 saturated heterocycles. The second-order valence-corrected chi connectivity index (χ2v) is 7.41. The number of pyridine rings is 1. The van der Waals surface area contributed by atoms with Crippen molar-refractivity contribution in [1.29, 1.82) is 0 Å². The molecule has 4 aromatic rings. The Morgan fingerprint density at radius 1 is 1.07 bits per heavy atom. The molecule has 0 saturated carbocycles. The van der Waals surface area contributed by atoms with E-state index in [1.807, 2.05) is 18.2 Å². The van der Waals surface area contributed by atoms with Crippen LogP contribution in [0.15, 0.2) is 71.7 Å². The maximum absolute atomic E-state index is 12.0. The van der Waals surface area contributed by atoms with Gasteiger partial charge in [0.05, 0.1) is 5.39 Å². The summed E-state index contributed by atoms with van der Waals surface area (Å²) in [6.45, 7) is 1.07. The van der Waals surface area contributed by atoms with Crippen molar-refractivity contribution < 1.29 is 5.21 Å². The van der Waals surface area contributed by atoms with Crippen LogP contribution in [-0.2, 0) is 0 Å². The smallest absolute Gasteiger partial charge is 0.384 e. The third-order valence-electron chi connectivity index (χ3n) is 5.44. The first-order valence-corrected chi connectivity index (χ1v) is 9.97. The number of hydrogen-bond donors (Lipinski definition) is 3. The standard InChI is InChI=1S/C23H21N5O2/c29-23-27-21(19-9-3-12-25-22(19)28(23)30)26-18-8-2-6-16(14-18)15-5-1-7-17(13-15)20-10-4-11-24-20/h1-3,5-9,12-14,20,24,30H,4,10-11H2,(H,26,27,29). The predicted molar refractivity (Wildman–Crippen MR) is 116 cm³/mol. The fourth-order valence-corrected chi connectivity index (χ4v) is 3.96. The van der Waals surface area contributed by atoms with E-state index >= 15 is 0 Å². The van der Waals surface area contributed by atoms with Gasteiger partial charge in [0.2, 0.25) is 0 Å². The van der Waals surface area contributed by atoms with E-state index in [1.165, 1.54) is 18.2 Å². The van der Waals surface area contributed by atoms with Gasteiger partial charge in [0.15, 0.2) is 5.65 Å². The molecular formula is C23H21N5O2. The number of benzene rings is 2. The van der Waals surface area contributed by atoms with Crippen LogP contribution in [0.3, 0.4) is 0 Å². The molecule has 1 unspecified atom stereocenters. The molecule has 2 aromatic carbocycles. The second-order valence-electron chi connectivity index (χ2n) is 7.41. The molecular weight excluding hydrogens is 378 g/mol. The Balaban J connectivity index is 1.50. The Kier molecular flexibility index (Phi) is 4.65. The number of rotatable bonds is 4. The largest absolute Gasteiger partial charge is 0.422 e. The van der Waals surface area contributed by atoms with E-state index in [9.17, 15) is 10.0 Å². The molecule has 2 aromatic heterocycles. The van der Waals surface area contributed by atoms with E-state index in [4.69, 9.17) is 0 Å². The first kappa shape index (κ1) is 18.3. The van der Waals surface area contributed by atoms with Gasteiger partial charge < -0.3 is 15.8 Å². The minimum Gasteiger partial charge on any atom is -0.422 e. The van der Waals surface area contributed by atoms with Gasteiger partial charge in [0.25, 0.3) is 0 Å². The van der Waals surface area contributed by atoms with E-state index in [2.05, 4.69) is 50.9 Å². The number of hydrogen-bond acceptors (Lipinski definition) is 6. The molecule has 150 valence electrons. The summed E-state index contributed by atoms with van der Waals surface area (Å²) in [4.78, 5) is 20.1. The third kappa shape index (κ3) is 3.40. The molecule has 7 nitrogen and oxygen atoms in total. The lowest BCUT2D eigenvalue weighted by Gasteiger charge is -2.13. The van der Waals surface area contributed by atoms with Gasteiger partial charge >= 0.3 is 5.69 Å². The van der Waals surface area contributed by atoms with Gasteiger partial charge in [-0.25, -0.2) is 9.78 Å². The zero-order valence-corrected chi connectivity index (χ0v) is 16.2.